The number of ether oxygens (including phenoxy) is 3. The van der Waals surface area contributed by atoms with Gasteiger partial charge < -0.3 is 29.7 Å². The summed E-state index contributed by atoms with van der Waals surface area (Å²) in [6.07, 6.45) is -4.65. The van der Waals surface area contributed by atoms with Crippen LogP contribution >= 0.6 is 11.6 Å². The molecule has 3 fully saturated rings. The number of nitrogens with one attached hydrogen (secondary N) is 3. The highest BCUT2D eigenvalue weighted by molar-refractivity contribution is 7.91. The molecule has 5 rings (SSSR count). The van der Waals surface area contributed by atoms with Crippen molar-refractivity contribution in [3.63, 3.8) is 0 Å². The summed E-state index contributed by atoms with van der Waals surface area (Å²) >= 11 is 6.54. The number of aromatic nitrogens is 1. The lowest BCUT2D eigenvalue weighted by Gasteiger charge is -2.34. The van der Waals surface area contributed by atoms with Crippen LogP contribution in [0, 0.1) is 11.8 Å². The second-order valence-corrected chi connectivity index (χ2v) is 19.0. The molecule has 2 aliphatic carbocycles. The number of benzene rings is 1. The van der Waals surface area contributed by atoms with Crippen molar-refractivity contribution in [2.24, 2.45) is 11.8 Å². The van der Waals surface area contributed by atoms with Crippen molar-refractivity contribution in [2.75, 3.05) is 6.54 Å². The predicted molar refractivity (Wildman–Crippen MR) is 209 cm³/mol. The normalized spacial score (nSPS) is 20.9. The summed E-state index contributed by atoms with van der Waals surface area (Å²) in [5, 5.41) is 5.82. The number of carbonyl (C=O) groups is 4. The number of hydrogen-bond acceptors (Lipinski definition) is 10. The Bertz CT molecular complexity index is 1990. The van der Waals surface area contributed by atoms with Crippen molar-refractivity contribution >= 4 is 56.2 Å². The number of sulfonamides is 1. The average Bonchev–Trinajstić information content (AvgIpc) is 4.04. The van der Waals surface area contributed by atoms with Gasteiger partial charge >= 0.3 is 12.3 Å². The lowest BCUT2D eigenvalue weighted by atomic mass is 9.88. The molecule has 0 unspecified atom stereocenters. The van der Waals surface area contributed by atoms with Crippen molar-refractivity contribution in [1.29, 1.82) is 0 Å². The predicted octanol–water partition coefficient (Wildman–Crippen LogP) is 6.18. The first-order chi connectivity index (χ1) is 27.0. The van der Waals surface area contributed by atoms with Crippen molar-refractivity contribution in [2.45, 2.75) is 147 Å². The molecule has 1 aliphatic heterocycles. The van der Waals surface area contributed by atoms with Gasteiger partial charge in [0.1, 0.15) is 23.7 Å². The van der Waals surface area contributed by atoms with Gasteiger partial charge in [-0.3, -0.25) is 19.1 Å². The molecule has 19 heteroatoms. The van der Waals surface area contributed by atoms with Gasteiger partial charge in [0.15, 0.2) is 0 Å². The maximum Gasteiger partial charge on any atom is 0.427 e. The standard InChI is InChI=1S/C39H53ClF3N5O9S/c1-8-10-22(4)17-23(5)31(45-36(52)57-37(6,7)39(41,42)43)34(50)48-20-24(56-33-26-11-9-12-28(40)27(26)19-30(44-33)55-21(2)3)18-29(48)32(49)46-38(15-16-38)35(51)47-58(53,54)25-13-14-25/h9,11-12,19,21-25,29,31H,8,10,13-18,20H2,1-7H3,(H,45,52)(H,46,49)(H,47,51)/t22-,23-,24-,29+,31+/m1/s1. The highest BCUT2D eigenvalue weighted by Crippen LogP contribution is 2.39. The van der Waals surface area contributed by atoms with E-state index in [1.54, 1.807) is 31.2 Å². The molecule has 0 spiro atoms. The summed E-state index contributed by atoms with van der Waals surface area (Å²) < 4.78 is 85.6. The Morgan fingerprint density at radius 2 is 1.74 bits per heavy atom. The largest absolute Gasteiger partial charge is 0.475 e. The first-order valence-corrected chi connectivity index (χ1v) is 21.6. The van der Waals surface area contributed by atoms with Crippen LogP contribution in [0.4, 0.5) is 18.0 Å². The summed E-state index contributed by atoms with van der Waals surface area (Å²) in [7, 11) is -3.94. The van der Waals surface area contributed by atoms with E-state index in [1.807, 2.05) is 27.7 Å². The number of rotatable bonds is 17. The van der Waals surface area contributed by atoms with Gasteiger partial charge in [-0.1, -0.05) is 51.3 Å². The molecule has 2 aromatic rings. The van der Waals surface area contributed by atoms with E-state index in [0.29, 0.717) is 48.9 Å². The molecule has 58 heavy (non-hydrogen) atoms. The Balaban J connectivity index is 1.48. The fourth-order valence-corrected chi connectivity index (χ4v) is 8.71. The van der Waals surface area contributed by atoms with Gasteiger partial charge in [0.05, 0.1) is 17.9 Å². The number of halogens is 4. The van der Waals surface area contributed by atoms with E-state index >= 15 is 0 Å². The maximum atomic E-state index is 14.7. The minimum atomic E-state index is -4.92. The zero-order valence-electron chi connectivity index (χ0n) is 33.7. The quantitative estimate of drug-likeness (QED) is 0.166. The fraction of sp³-hybridized carbons (Fsp3) is 0.667. The smallest absolute Gasteiger partial charge is 0.427 e. The van der Waals surface area contributed by atoms with Gasteiger partial charge in [0, 0.05) is 28.3 Å². The third-order valence-electron chi connectivity index (χ3n) is 10.7. The molecule has 2 saturated carbocycles. The molecule has 322 valence electrons. The van der Waals surface area contributed by atoms with Crippen molar-refractivity contribution in [3.8, 4) is 11.8 Å². The minimum Gasteiger partial charge on any atom is -0.475 e. The number of likely N-dealkylation sites (tertiary alicyclic amines) is 1. The molecule has 0 radical (unpaired) electrons. The van der Waals surface area contributed by atoms with Gasteiger partial charge in [-0.2, -0.15) is 18.2 Å². The van der Waals surface area contributed by atoms with Crippen LogP contribution in [0.25, 0.3) is 10.8 Å². The molecule has 1 saturated heterocycles. The van der Waals surface area contributed by atoms with Crippen LogP contribution in [-0.4, -0.2) is 95.5 Å². The van der Waals surface area contributed by atoms with Crippen LogP contribution in [0.15, 0.2) is 24.3 Å². The van der Waals surface area contributed by atoms with Gasteiger partial charge in [0.2, 0.25) is 39.2 Å². The summed E-state index contributed by atoms with van der Waals surface area (Å²) in [6.45, 7) is 10.4. The summed E-state index contributed by atoms with van der Waals surface area (Å²) in [6, 6.07) is 3.98. The third-order valence-corrected chi connectivity index (χ3v) is 12.8. The van der Waals surface area contributed by atoms with E-state index in [9.17, 15) is 40.8 Å². The second kappa shape index (κ2) is 17.3. The molecule has 2 heterocycles. The Kier molecular flexibility index (Phi) is 13.4. The molecule has 4 amide bonds. The number of nitrogens with zero attached hydrogens (tertiary/aromatic N) is 2. The van der Waals surface area contributed by atoms with Crippen molar-refractivity contribution < 1.29 is 55.0 Å². The van der Waals surface area contributed by atoms with Crippen LogP contribution in [0.5, 0.6) is 11.8 Å². The van der Waals surface area contributed by atoms with Crippen LogP contribution < -0.4 is 24.8 Å². The Labute approximate surface area is 341 Å². The zero-order valence-corrected chi connectivity index (χ0v) is 35.3. The maximum absolute atomic E-state index is 14.7. The van der Waals surface area contributed by atoms with E-state index in [1.165, 1.54) is 4.90 Å². The first kappa shape index (κ1) is 45.0. The molecule has 5 atom stereocenters. The number of alkyl carbamates (subject to hydrolysis) is 1. The lowest BCUT2D eigenvalue weighted by Crippen LogP contribution is -2.59. The topological polar surface area (TPSA) is 182 Å². The van der Waals surface area contributed by atoms with Crippen molar-refractivity contribution in [3.05, 3.63) is 29.3 Å². The lowest BCUT2D eigenvalue weighted by molar-refractivity contribution is -0.244. The molecule has 3 N–H and O–H groups in total. The average molecular weight is 860 g/mol. The Morgan fingerprint density at radius 3 is 2.33 bits per heavy atom. The van der Waals surface area contributed by atoms with Gasteiger partial charge in [-0.05, 0) is 83.8 Å². The Hall–Kier alpha value is -4.06. The number of pyridine rings is 1. The highest BCUT2D eigenvalue weighted by atomic mass is 35.5. The summed E-state index contributed by atoms with van der Waals surface area (Å²) in [5.74, 6) is -2.78. The van der Waals surface area contributed by atoms with E-state index < -0.39 is 80.5 Å². The fourth-order valence-electron chi connectivity index (χ4n) is 7.11. The number of fused-ring (bicyclic) bond motifs is 1. The molecular formula is C39H53ClF3N5O9S. The molecular weight excluding hydrogens is 807 g/mol. The van der Waals surface area contributed by atoms with E-state index in [-0.39, 0.29) is 49.6 Å². The van der Waals surface area contributed by atoms with E-state index in [0.717, 1.165) is 12.8 Å². The molecule has 3 aliphatic rings. The number of amides is 4. The van der Waals surface area contributed by atoms with Crippen LogP contribution in [0.1, 0.15) is 99.8 Å². The first-order valence-electron chi connectivity index (χ1n) is 19.6. The minimum absolute atomic E-state index is 0.0557. The van der Waals surface area contributed by atoms with Gasteiger partial charge in [-0.15, -0.1) is 0 Å². The molecule has 0 bridgehead atoms. The second-order valence-electron chi connectivity index (χ2n) is 16.6. The number of carbonyl (C=O) groups excluding carboxylic acids is 4. The molecule has 14 nitrogen and oxygen atoms in total. The van der Waals surface area contributed by atoms with Crippen molar-refractivity contribution in [1.82, 2.24) is 25.2 Å². The van der Waals surface area contributed by atoms with Crippen LogP contribution in [0.3, 0.4) is 0 Å². The summed E-state index contributed by atoms with van der Waals surface area (Å²) in [5.41, 5.74) is -4.44. The SMILES string of the molecule is CCC[C@@H](C)C[C@@H](C)[C@H](NC(=O)OC(C)(C)C(F)(F)F)C(=O)N1C[C@H](Oc2nc(OC(C)C)cc3c(Cl)cccc23)C[C@H]1C(=O)NC1(C(=O)NS(=O)(=O)C2CC2)CC1. The Morgan fingerprint density at radius 1 is 1.07 bits per heavy atom. The summed E-state index contributed by atoms with van der Waals surface area (Å²) in [4.78, 5) is 61.1. The van der Waals surface area contributed by atoms with Gasteiger partial charge in [0.25, 0.3) is 5.91 Å². The zero-order chi connectivity index (χ0) is 43.0. The molecule has 1 aromatic carbocycles. The monoisotopic (exact) mass is 859 g/mol. The highest BCUT2D eigenvalue weighted by Gasteiger charge is 2.56. The van der Waals surface area contributed by atoms with E-state index in [2.05, 4.69) is 20.3 Å². The third kappa shape index (κ3) is 10.6. The van der Waals surface area contributed by atoms with Crippen LogP contribution in [-0.2, 0) is 29.1 Å². The van der Waals surface area contributed by atoms with E-state index in [4.69, 9.17) is 25.8 Å². The molecule has 1 aromatic heterocycles. The van der Waals surface area contributed by atoms with Gasteiger partial charge in [-0.25, -0.2) is 13.2 Å². The van der Waals surface area contributed by atoms with Crippen LogP contribution in [0.2, 0.25) is 5.02 Å². The number of hydrogen-bond donors (Lipinski definition) is 3. The number of alkyl halides is 3.